The van der Waals surface area contributed by atoms with Gasteiger partial charge in [0.1, 0.15) is 6.54 Å². The van der Waals surface area contributed by atoms with Gasteiger partial charge in [-0.05, 0) is 17.9 Å². The third-order valence-electron chi connectivity index (χ3n) is 4.64. The first-order chi connectivity index (χ1) is 10.6. The Balaban J connectivity index is 1.87. The van der Waals surface area contributed by atoms with E-state index in [-0.39, 0.29) is 30.5 Å². The summed E-state index contributed by atoms with van der Waals surface area (Å²) in [6.45, 7) is 4.48. The van der Waals surface area contributed by atoms with E-state index in [4.69, 9.17) is 5.11 Å². The third kappa shape index (κ3) is 2.64. The van der Waals surface area contributed by atoms with Crippen LogP contribution >= 0.6 is 11.3 Å². The van der Waals surface area contributed by atoms with E-state index in [0.29, 0.717) is 19.6 Å². The maximum Gasteiger partial charge on any atom is 0.246 e. The first-order valence-corrected chi connectivity index (χ1v) is 8.44. The van der Waals surface area contributed by atoms with Crippen molar-refractivity contribution in [1.29, 1.82) is 0 Å². The molecule has 22 heavy (non-hydrogen) atoms. The smallest absolute Gasteiger partial charge is 0.246 e. The molecule has 6 nitrogen and oxygen atoms in total. The highest BCUT2D eigenvalue weighted by Gasteiger charge is 2.50. The highest BCUT2D eigenvalue weighted by atomic mass is 32.1. The maximum absolute atomic E-state index is 12.4. The minimum absolute atomic E-state index is 0.0279. The van der Waals surface area contributed by atoms with Crippen molar-refractivity contribution in [3.05, 3.63) is 16.8 Å². The Morgan fingerprint density at radius 1 is 1.45 bits per heavy atom. The van der Waals surface area contributed by atoms with E-state index in [2.05, 4.69) is 4.90 Å². The van der Waals surface area contributed by atoms with Crippen LogP contribution in [0.2, 0.25) is 0 Å². The predicted molar refractivity (Wildman–Crippen MR) is 84.9 cm³/mol. The number of carbonyl (C=O) groups is 2. The van der Waals surface area contributed by atoms with Gasteiger partial charge in [0.05, 0.1) is 24.4 Å². The summed E-state index contributed by atoms with van der Waals surface area (Å²) < 4.78 is 0. The molecule has 2 saturated heterocycles. The molecule has 0 aromatic carbocycles. The Hall–Kier alpha value is -1.44. The zero-order valence-electron chi connectivity index (χ0n) is 12.7. The summed E-state index contributed by atoms with van der Waals surface area (Å²) in [5.41, 5.74) is 0.579. The maximum atomic E-state index is 12.4. The van der Waals surface area contributed by atoms with Crippen LogP contribution in [0.15, 0.2) is 16.8 Å². The highest BCUT2D eigenvalue weighted by molar-refractivity contribution is 7.08. The van der Waals surface area contributed by atoms with Crippen LogP contribution in [0.25, 0.3) is 0 Å². The average molecular weight is 323 g/mol. The van der Waals surface area contributed by atoms with Crippen molar-refractivity contribution in [2.24, 2.45) is 0 Å². The van der Waals surface area contributed by atoms with Crippen molar-refractivity contribution in [3.8, 4) is 0 Å². The summed E-state index contributed by atoms with van der Waals surface area (Å²) in [5.74, 6) is -0.0796. The Kier molecular flexibility index (Phi) is 4.20. The molecule has 1 aromatic heterocycles. The van der Waals surface area contributed by atoms with Crippen LogP contribution in [0.1, 0.15) is 13.3 Å². The topological polar surface area (TPSA) is 64.1 Å². The summed E-state index contributed by atoms with van der Waals surface area (Å²) in [6, 6.07) is 1.94. The number of β-amino-alcohol motifs (C(OH)–C–C–N with tert-alkyl or cyclic N) is 1. The number of aliphatic hydroxyl groups is 1. The van der Waals surface area contributed by atoms with Crippen LogP contribution in [0, 0.1) is 0 Å². The van der Waals surface area contributed by atoms with E-state index in [0.717, 1.165) is 18.7 Å². The summed E-state index contributed by atoms with van der Waals surface area (Å²) in [7, 11) is 0. The molecule has 1 N–H and O–H groups in total. The van der Waals surface area contributed by atoms with E-state index < -0.39 is 0 Å². The van der Waals surface area contributed by atoms with Gasteiger partial charge in [0, 0.05) is 31.9 Å². The number of likely N-dealkylation sites (tertiary alicyclic amines) is 1. The molecule has 0 unspecified atom stereocenters. The van der Waals surface area contributed by atoms with Crippen LogP contribution in [-0.4, -0.2) is 71.6 Å². The Morgan fingerprint density at radius 2 is 2.27 bits per heavy atom. The molecule has 1 spiro atoms. The largest absolute Gasteiger partial charge is 0.395 e. The normalized spacial score (nSPS) is 26.2. The van der Waals surface area contributed by atoms with Gasteiger partial charge in [-0.3, -0.25) is 14.5 Å². The molecule has 2 aliphatic heterocycles. The Bertz CT molecular complexity index is 562. The zero-order chi connectivity index (χ0) is 15.7. The van der Waals surface area contributed by atoms with Crippen molar-refractivity contribution in [3.63, 3.8) is 0 Å². The molecule has 0 saturated carbocycles. The number of nitrogens with zero attached hydrogens (tertiary/aromatic N) is 3. The van der Waals surface area contributed by atoms with E-state index in [1.54, 1.807) is 21.1 Å². The Labute approximate surface area is 133 Å². The van der Waals surface area contributed by atoms with E-state index in [9.17, 15) is 9.59 Å². The molecule has 1 atom stereocenters. The lowest BCUT2D eigenvalue weighted by Crippen LogP contribution is -2.66. The summed E-state index contributed by atoms with van der Waals surface area (Å²) in [5, 5.41) is 13.1. The fraction of sp³-hybridized carbons (Fsp3) is 0.600. The molecule has 2 amide bonds. The van der Waals surface area contributed by atoms with E-state index in [1.165, 1.54) is 6.92 Å². The zero-order valence-corrected chi connectivity index (χ0v) is 13.5. The number of anilines is 1. The quantitative estimate of drug-likeness (QED) is 0.873. The second-order valence-electron chi connectivity index (χ2n) is 6.04. The number of hydrogen-bond acceptors (Lipinski definition) is 5. The number of hydrogen-bond donors (Lipinski definition) is 1. The molecule has 2 fully saturated rings. The van der Waals surface area contributed by atoms with Gasteiger partial charge in [-0.25, -0.2) is 0 Å². The molecule has 0 bridgehead atoms. The van der Waals surface area contributed by atoms with Gasteiger partial charge in [-0.15, -0.1) is 0 Å². The SMILES string of the molecule is CC(=O)N1CC(=O)N(c2ccsc2)C[C@]12CCN(CCO)C2. The minimum Gasteiger partial charge on any atom is -0.395 e. The van der Waals surface area contributed by atoms with E-state index in [1.807, 2.05) is 16.8 Å². The monoisotopic (exact) mass is 323 g/mol. The number of amides is 2. The fourth-order valence-electron chi connectivity index (χ4n) is 3.57. The van der Waals surface area contributed by atoms with Crippen molar-refractivity contribution >= 4 is 28.8 Å². The van der Waals surface area contributed by atoms with Crippen LogP contribution in [-0.2, 0) is 9.59 Å². The number of carbonyl (C=O) groups excluding carboxylic acids is 2. The van der Waals surface area contributed by atoms with Gasteiger partial charge < -0.3 is 14.9 Å². The third-order valence-corrected chi connectivity index (χ3v) is 5.32. The number of piperazine rings is 1. The van der Waals surface area contributed by atoms with Gasteiger partial charge in [0.25, 0.3) is 0 Å². The van der Waals surface area contributed by atoms with Gasteiger partial charge in [-0.1, -0.05) is 0 Å². The molecule has 7 heteroatoms. The van der Waals surface area contributed by atoms with Crippen LogP contribution < -0.4 is 4.90 Å². The van der Waals surface area contributed by atoms with Crippen LogP contribution in [0.3, 0.4) is 0 Å². The standard InChI is InChI=1S/C15H21N3O3S/c1-12(20)18-8-14(21)17(13-2-7-22-9-13)11-15(18)3-4-16(10-15)5-6-19/h2,7,9,19H,3-6,8,10-11H2,1H3/t15-/m1/s1. The average Bonchev–Trinajstić information content (AvgIpc) is 3.12. The van der Waals surface area contributed by atoms with E-state index >= 15 is 0 Å². The lowest BCUT2D eigenvalue weighted by atomic mass is 9.92. The predicted octanol–water partition coefficient (Wildman–Crippen LogP) is 0.380. The van der Waals surface area contributed by atoms with Crippen molar-refractivity contribution in [1.82, 2.24) is 9.80 Å². The van der Waals surface area contributed by atoms with Crippen LogP contribution in [0.5, 0.6) is 0 Å². The molecular formula is C15H21N3O3S. The molecule has 0 radical (unpaired) electrons. The van der Waals surface area contributed by atoms with Gasteiger partial charge in [0.2, 0.25) is 11.8 Å². The summed E-state index contributed by atoms with van der Waals surface area (Å²) >= 11 is 1.56. The van der Waals surface area contributed by atoms with Gasteiger partial charge in [0.15, 0.2) is 0 Å². The minimum atomic E-state index is -0.336. The molecule has 3 rings (SSSR count). The molecule has 2 aliphatic rings. The first-order valence-electron chi connectivity index (χ1n) is 7.50. The molecular weight excluding hydrogens is 302 g/mol. The molecule has 1 aromatic rings. The summed E-state index contributed by atoms with van der Waals surface area (Å²) in [4.78, 5) is 30.2. The fourth-order valence-corrected chi connectivity index (χ4v) is 4.21. The number of rotatable bonds is 3. The van der Waals surface area contributed by atoms with Crippen molar-refractivity contribution in [2.75, 3.05) is 44.2 Å². The summed E-state index contributed by atoms with van der Waals surface area (Å²) in [6.07, 6.45) is 0.834. The molecule has 0 aliphatic carbocycles. The highest BCUT2D eigenvalue weighted by Crippen LogP contribution is 2.34. The second-order valence-corrected chi connectivity index (χ2v) is 6.82. The lowest BCUT2D eigenvalue weighted by Gasteiger charge is -2.48. The molecule has 3 heterocycles. The van der Waals surface area contributed by atoms with Gasteiger partial charge >= 0.3 is 0 Å². The second kappa shape index (κ2) is 5.98. The molecule has 120 valence electrons. The van der Waals surface area contributed by atoms with Crippen molar-refractivity contribution in [2.45, 2.75) is 18.9 Å². The number of aliphatic hydroxyl groups excluding tert-OH is 1. The van der Waals surface area contributed by atoms with Gasteiger partial charge in [-0.2, -0.15) is 11.3 Å². The first kappa shape index (κ1) is 15.5. The number of thiophene rings is 1. The Morgan fingerprint density at radius 3 is 2.91 bits per heavy atom. The van der Waals surface area contributed by atoms with Crippen molar-refractivity contribution < 1.29 is 14.7 Å². The van der Waals surface area contributed by atoms with Crippen LogP contribution in [0.4, 0.5) is 5.69 Å². The lowest BCUT2D eigenvalue weighted by molar-refractivity contribution is -0.142.